The highest BCUT2D eigenvalue weighted by atomic mass is 19.1. The molecule has 0 bridgehead atoms. The zero-order chi connectivity index (χ0) is 16.8. The summed E-state index contributed by atoms with van der Waals surface area (Å²) in [4.78, 5) is 23.2. The quantitative estimate of drug-likeness (QED) is 0.706. The Kier molecular flexibility index (Phi) is 5.42. The minimum Gasteiger partial charge on any atom is -0.459 e. The molecule has 1 atom stereocenters. The highest BCUT2D eigenvalue weighted by Crippen LogP contribution is 2.14. The third-order valence-electron chi connectivity index (χ3n) is 3.17. The second-order valence-corrected chi connectivity index (χ2v) is 4.87. The summed E-state index contributed by atoms with van der Waals surface area (Å²) in [7, 11) is 0. The molecule has 0 aliphatic carbocycles. The van der Waals surface area contributed by atoms with Crippen molar-refractivity contribution in [2.75, 3.05) is 6.54 Å². The van der Waals surface area contributed by atoms with E-state index in [1.807, 2.05) is 0 Å². The first kappa shape index (κ1) is 16.6. The Hall–Kier alpha value is -2.74. The van der Waals surface area contributed by atoms with Gasteiger partial charge < -0.3 is 9.73 Å². The molecule has 23 heavy (non-hydrogen) atoms. The molecule has 2 rings (SSSR count). The summed E-state index contributed by atoms with van der Waals surface area (Å²) in [5, 5.41) is 1.56. The van der Waals surface area contributed by atoms with Crippen LogP contribution in [0.15, 0.2) is 41.0 Å². The Balaban J connectivity index is 1.78. The van der Waals surface area contributed by atoms with Crippen LogP contribution in [0.2, 0.25) is 0 Å². The van der Waals surface area contributed by atoms with Crippen molar-refractivity contribution in [1.82, 2.24) is 10.9 Å². The number of nitrogens with one attached hydrogen (secondary N) is 2. The molecule has 1 aromatic carbocycles. The molecule has 1 heterocycles. The molecule has 8 heteroatoms. The summed E-state index contributed by atoms with van der Waals surface area (Å²) >= 11 is 0. The summed E-state index contributed by atoms with van der Waals surface area (Å²) in [5.74, 6) is -2.31. The van der Waals surface area contributed by atoms with Crippen LogP contribution < -0.4 is 16.2 Å². The fourth-order valence-corrected chi connectivity index (χ4v) is 1.93. The number of furan rings is 1. The van der Waals surface area contributed by atoms with E-state index in [2.05, 4.69) is 10.9 Å². The molecule has 0 spiro atoms. The maximum Gasteiger partial charge on any atom is 0.305 e. The van der Waals surface area contributed by atoms with Crippen LogP contribution >= 0.6 is 0 Å². The lowest BCUT2D eigenvalue weighted by Crippen LogP contribution is -2.87. The molecule has 0 radical (unpaired) electrons. The number of amides is 2. The van der Waals surface area contributed by atoms with Gasteiger partial charge in [-0.2, -0.15) is 0 Å². The summed E-state index contributed by atoms with van der Waals surface area (Å²) in [6.07, 6.45) is 1.34. The normalized spacial score (nSPS) is 11.8. The average molecular weight is 324 g/mol. The SMILES string of the molecule is C[C@H]([NH2+]CC(=O)NNC(=O)c1ccco1)c1ccc(F)cc1F. The summed E-state index contributed by atoms with van der Waals surface area (Å²) in [6, 6.07) is 5.90. The molecule has 2 amide bonds. The molecule has 122 valence electrons. The summed E-state index contributed by atoms with van der Waals surface area (Å²) in [5.41, 5.74) is 4.70. The molecule has 2 aromatic rings. The third kappa shape index (κ3) is 4.62. The number of carbonyl (C=O) groups is 2. The molecule has 0 saturated carbocycles. The van der Waals surface area contributed by atoms with Crippen LogP contribution in [0, 0.1) is 11.6 Å². The maximum atomic E-state index is 13.6. The van der Waals surface area contributed by atoms with Crippen molar-refractivity contribution in [2.45, 2.75) is 13.0 Å². The molecule has 0 aliphatic rings. The van der Waals surface area contributed by atoms with Gasteiger partial charge in [0.1, 0.15) is 17.7 Å². The van der Waals surface area contributed by atoms with Crippen molar-refractivity contribution < 1.29 is 28.1 Å². The Morgan fingerprint density at radius 1 is 1.26 bits per heavy atom. The first-order valence-electron chi connectivity index (χ1n) is 6.88. The molecule has 0 aliphatic heterocycles. The van der Waals surface area contributed by atoms with Crippen molar-refractivity contribution >= 4 is 11.8 Å². The molecule has 4 N–H and O–H groups in total. The minimum absolute atomic E-state index is 0.0452. The Labute approximate surface area is 130 Å². The molecule has 0 unspecified atom stereocenters. The number of nitrogens with two attached hydrogens (primary N) is 1. The zero-order valence-electron chi connectivity index (χ0n) is 12.3. The second kappa shape index (κ2) is 7.50. The van der Waals surface area contributed by atoms with Crippen molar-refractivity contribution in [3.05, 3.63) is 59.6 Å². The fourth-order valence-electron chi connectivity index (χ4n) is 1.93. The molecule has 6 nitrogen and oxygen atoms in total. The van der Waals surface area contributed by atoms with Gasteiger partial charge in [0.05, 0.1) is 6.26 Å². The van der Waals surface area contributed by atoms with Crippen LogP contribution in [0.5, 0.6) is 0 Å². The van der Waals surface area contributed by atoms with E-state index in [1.165, 1.54) is 18.4 Å². The van der Waals surface area contributed by atoms with Crippen molar-refractivity contribution in [3.8, 4) is 0 Å². The van der Waals surface area contributed by atoms with Gasteiger partial charge in [-0.25, -0.2) is 8.78 Å². The lowest BCUT2D eigenvalue weighted by Gasteiger charge is -2.12. The van der Waals surface area contributed by atoms with Crippen LogP contribution in [0.4, 0.5) is 8.78 Å². The minimum atomic E-state index is -0.666. The summed E-state index contributed by atoms with van der Waals surface area (Å²) < 4.78 is 31.3. The van der Waals surface area contributed by atoms with E-state index in [0.29, 0.717) is 5.56 Å². The van der Waals surface area contributed by atoms with Gasteiger partial charge >= 0.3 is 5.91 Å². The lowest BCUT2D eigenvalue weighted by atomic mass is 10.1. The first-order chi connectivity index (χ1) is 11.0. The van der Waals surface area contributed by atoms with Gasteiger partial charge in [-0.1, -0.05) is 0 Å². The maximum absolute atomic E-state index is 13.6. The van der Waals surface area contributed by atoms with E-state index in [9.17, 15) is 18.4 Å². The number of halogens is 2. The number of benzene rings is 1. The molecule has 0 fully saturated rings. The number of carbonyl (C=O) groups excluding carboxylic acids is 2. The van der Waals surface area contributed by atoms with Gasteiger partial charge in [-0.15, -0.1) is 0 Å². The van der Waals surface area contributed by atoms with E-state index in [0.717, 1.165) is 12.1 Å². The lowest BCUT2D eigenvalue weighted by molar-refractivity contribution is -0.682. The van der Waals surface area contributed by atoms with Crippen LogP contribution in [-0.2, 0) is 4.79 Å². The molecular formula is C15H16F2N3O3+. The van der Waals surface area contributed by atoms with Gasteiger partial charge in [-0.3, -0.25) is 20.4 Å². The molecule has 1 aromatic heterocycles. The van der Waals surface area contributed by atoms with E-state index in [1.54, 1.807) is 18.3 Å². The monoisotopic (exact) mass is 324 g/mol. The van der Waals surface area contributed by atoms with Crippen LogP contribution in [-0.4, -0.2) is 18.4 Å². The predicted octanol–water partition coefficient (Wildman–Crippen LogP) is 0.643. The number of hydrazine groups is 1. The fraction of sp³-hybridized carbons (Fsp3) is 0.200. The number of rotatable bonds is 5. The van der Waals surface area contributed by atoms with Crippen molar-refractivity contribution in [3.63, 3.8) is 0 Å². The highest BCUT2D eigenvalue weighted by Gasteiger charge is 2.16. The Morgan fingerprint density at radius 2 is 2.04 bits per heavy atom. The second-order valence-electron chi connectivity index (χ2n) is 4.87. The smallest absolute Gasteiger partial charge is 0.305 e. The Bertz CT molecular complexity index is 689. The largest absolute Gasteiger partial charge is 0.459 e. The first-order valence-corrected chi connectivity index (χ1v) is 6.88. The third-order valence-corrected chi connectivity index (χ3v) is 3.17. The molecule has 0 saturated heterocycles. The van der Waals surface area contributed by atoms with E-state index in [4.69, 9.17) is 4.42 Å². The highest BCUT2D eigenvalue weighted by molar-refractivity contribution is 5.92. The van der Waals surface area contributed by atoms with Crippen LogP contribution in [0.3, 0.4) is 0 Å². The topological polar surface area (TPSA) is 88.0 Å². The predicted molar refractivity (Wildman–Crippen MR) is 75.9 cm³/mol. The van der Waals surface area contributed by atoms with Gasteiger partial charge in [-0.05, 0) is 31.2 Å². The zero-order valence-corrected chi connectivity index (χ0v) is 12.3. The van der Waals surface area contributed by atoms with E-state index in [-0.39, 0.29) is 18.3 Å². The van der Waals surface area contributed by atoms with Gasteiger partial charge in [0.25, 0.3) is 5.91 Å². The van der Waals surface area contributed by atoms with Crippen LogP contribution in [0.1, 0.15) is 29.1 Å². The van der Waals surface area contributed by atoms with Gasteiger partial charge in [0, 0.05) is 11.6 Å². The summed E-state index contributed by atoms with van der Waals surface area (Å²) in [6.45, 7) is 1.64. The van der Waals surface area contributed by atoms with Gasteiger partial charge in [0.15, 0.2) is 12.3 Å². The van der Waals surface area contributed by atoms with Crippen molar-refractivity contribution in [1.29, 1.82) is 0 Å². The van der Waals surface area contributed by atoms with Gasteiger partial charge in [0.2, 0.25) is 0 Å². The molecular weight excluding hydrogens is 308 g/mol. The average Bonchev–Trinajstić information content (AvgIpc) is 3.04. The number of hydrogen-bond donors (Lipinski definition) is 3. The van der Waals surface area contributed by atoms with E-state index >= 15 is 0 Å². The standard InChI is InChI=1S/C15H15F2N3O3/c1-9(11-5-4-10(16)7-12(11)17)18-8-14(21)19-20-15(22)13-3-2-6-23-13/h2-7,9,18H,8H2,1H3,(H,19,21)(H,20,22)/p+1/t9-/m0/s1. The Morgan fingerprint density at radius 3 is 2.70 bits per heavy atom. The van der Waals surface area contributed by atoms with Crippen LogP contribution in [0.25, 0.3) is 0 Å². The van der Waals surface area contributed by atoms with Crippen molar-refractivity contribution in [2.24, 2.45) is 0 Å². The van der Waals surface area contributed by atoms with E-state index < -0.39 is 23.4 Å². The number of hydrogen-bond acceptors (Lipinski definition) is 3. The number of quaternary nitrogens is 1.